The maximum atomic E-state index is 12.3. The van der Waals surface area contributed by atoms with Crippen LogP contribution in [-0.2, 0) is 11.4 Å². The Morgan fingerprint density at radius 3 is 2.29 bits per heavy atom. The van der Waals surface area contributed by atoms with Gasteiger partial charge in [-0.25, -0.2) is 13.2 Å². The van der Waals surface area contributed by atoms with Crippen molar-refractivity contribution >= 4 is 11.4 Å². The molecule has 0 aliphatic rings. The van der Waals surface area contributed by atoms with Gasteiger partial charge in [0.1, 0.15) is 11.4 Å². The normalized spacial score (nSPS) is 16.7. The lowest BCUT2D eigenvalue weighted by Crippen LogP contribution is -2.45. The lowest BCUT2D eigenvalue weighted by molar-refractivity contribution is 0.126. The lowest BCUT2D eigenvalue weighted by atomic mass is 10.1. The van der Waals surface area contributed by atoms with Gasteiger partial charge in [-0.15, -0.1) is 4.72 Å². The molecule has 2 nitrogen and oxygen atoms in total. The fourth-order valence-corrected chi connectivity index (χ4v) is 1.91. The monoisotopic (exact) mass is 271 g/mol. The fourth-order valence-electron chi connectivity index (χ4n) is 1.06. The van der Waals surface area contributed by atoms with Crippen molar-refractivity contribution in [2.45, 2.75) is 50.8 Å². The standard InChI is InChI=1S/C11H20F3NOS/c1-11(2,3)17(16)15-9(8-10(13)14)6-4-5-7-12/h4-5,9-10,15H,6-8H2,1-3H3. The molecule has 0 spiro atoms. The first kappa shape index (κ1) is 16.8. The Bertz CT molecular complexity index is 231. The highest BCUT2D eigenvalue weighted by Crippen LogP contribution is 2.17. The molecule has 0 aromatic heterocycles. The zero-order valence-electron chi connectivity index (χ0n) is 10.4. The number of rotatable bonds is 7. The van der Waals surface area contributed by atoms with Crippen molar-refractivity contribution in [3.8, 4) is 0 Å². The average molecular weight is 271 g/mol. The highest BCUT2D eigenvalue weighted by molar-refractivity contribution is 7.90. The van der Waals surface area contributed by atoms with Crippen molar-refractivity contribution in [1.29, 1.82) is 0 Å². The maximum Gasteiger partial charge on any atom is 0.240 e. The Morgan fingerprint density at radius 1 is 1.29 bits per heavy atom. The first-order valence-electron chi connectivity index (χ1n) is 5.44. The number of alkyl halides is 3. The van der Waals surface area contributed by atoms with Gasteiger partial charge >= 0.3 is 0 Å². The topological polar surface area (TPSA) is 35.1 Å². The third-order valence-corrected chi connectivity index (χ3v) is 3.63. The second kappa shape index (κ2) is 8.00. The summed E-state index contributed by atoms with van der Waals surface area (Å²) in [5.41, 5.74) is 0. The van der Waals surface area contributed by atoms with Crippen molar-refractivity contribution < 1.29 is 17.7 Å². The van der Waals surface area contributed by atoms with Crippen LogP contribution >= 0.6 is 0 Å². The Balaban J connectivity index is 4.32. The zero-order valence-corrected chi connectivity index (χ0v) is 11.2. The lowest BCUT2D eigenvalue weighted by Gasteiger charge is -2.27. The quantitative estimate of drug-likeness (QED) is 0.570. The van der Waals surface area contributed by atoms with E-state index in [2.05, 4.69) is 4.72 Å². The Morgan fingerprint density at radius 2 is 1.88 bits per heavy atom. The van der Waals surface area contributed by atoms with Gasteiger partial charge in [-0.3, -0.25) is 0 Å². The molecule has 17 heavy (non-hydrogen) atoms. The molecule has 0 aliphatic heterocycles. The van der Waals surface area contributed by atoms with Crippen LogP contribution in [0.5, 0.6) is 0 Å². The van der Waals surface area contributed by atoms with Crippen molar-refractivity contribution in [3.05, 3.63) is 12.2 Å². The molecular formula is C11H20F3NOS. The van der Waals surface area contributed by atoms with Gasteiger partial charge in [0.15, 0.2) is 0 Å². The van der Waals surface area contributed by atoms with Crippen LogP contribution in [0.4, 0.5) is 13.2 Å². The van der Waals surface area contributed by atoms with E-state index in [1.54, 1.807) is 20.8 Å². The summed E-state index contributed by atoms with van der Waals surface area (Å²) in [6.07, 6.45) is 0.137. The Kier molecular flexibility index (Phi) is 7.91. The van der Waals surface area contributed by atoms with E-state index in [4.69, 9.17) is 0 Å². The van der Waals surface area contributed by atoms with Gasteiger partial charge in [-0.1, -0.05) is 12.2 Å². The van der Waals surface area contributed by atoms with E-state index >= 15 is 0 Å². The van der Waals surface area contributed by atoms with E-state index in [9.17, 15) is 17.7 Å². The summed E-state index contributed by atoms with van der Waals surface area (Å²) >= 11 is -1.40. The minimum atomic E-state index is -2.47. The second-order valence-corrected chi connectivity index (χ2v) is 6.68. The van der Waals surface area contributed by atoms with E-state index in [0.29, 0.717) is 0 Å². The van der Waals surface area contributed by atoms with Gasteiger partial charge < -0.3 is 4.55 Å². The molecule has 0 aromatic rings. The van der Waals surface area contributed by atoms with Crippen LogP contribution in [0.25, 0.3) is 0 Å². The van der Waals surface area contributed by atoms with E-state index in [1.165, 1.54) is 12.2 Å². The minimum absolute atomic E-state index is 0.246. The molecule has 0 amide bonds. The molecule has 0 bridgehead atoms. The third kappa shape index (κ3) is 8.51. The first-order valence-corrected chi connectivity index (χ1v) is 6.59. The summed E-state index contributed by atoms with van der Waals surface area (Å²) in [6.45, 7) is 4.65. The molecule has 0 fully saturated rings. The Hall–Kier alpha value is -0.200. The largest absolute Gasteiger partial charge is 0.598 e. The highest BCUT2D eigenvalue weighted by Gasteiger charge is 2.29. The summed E-state index contributed by atoms with van der Waals surface area (Å²) in [5, 5.41) is 0. The molecule has 0 aliphatic carbocycles. The molecular weight excluding hydrogens is 251 g/mol. The van der Waals surface area contributed by atoms with Crippen molar-refractivity contribution in [1.82, 2.24) is 4.72 Å². The van der Waals surface area contributed by atoms with Crippen LogP contribution < -0.4 is 4.72 Å². The molecule has 0 heterocycles. The molecule has 0 aromatic carbocycles. The SMILES string of the molecule is CC(C)(C)[S+]([O-])NC(CC=CCF)CC(F)F. The minimum Gasteiger partial charge on any atom is -0.598 e. The summed E-state index contributed by atoms with van der Waals surface area (Å²) in [4.78, 5) is 0. The number of hydrogen-bond acceptors (Lipinski definition) is 2. The summed E-state index contributed by atoms with van der Waals surface area (Å²) in [6, 6.07) is -0.599. The molecule has 0 radical (unpaired) electrons. The maximum absolute atomic E-state index is 12.3. The fraction of sp³-hybridized carbons (Fsp3) is 0.818. The van der Waals surface area contributed by atoms with Crippen molar-refractivity contribution in [2.75, 3.05) is 6.67 Å². The molecule has 2 atom stereocenters. The average Bonchev–Trinajstić information content (AvgIpc) is 2.15. The van der Waals surface area contributed by atoms with Gasteiger partial charge in [0, 0.05) is 17.8 Å². The number of hydrogen-bond donors (Lipinski definition) is 1. The third-order valence-electron chi connectivity index (χ3n) is 1.97. The van der Waals surface area contributed by atoms with E-state index in [1.807, 2.05) is 0 Å². The number of nitrogens with one attached hydrogen (secondary N) is 1. The van der Waals surface area contributed by atoms with E-state index < -0.39 is 41.7 Å². The highest BCUT2D eigenvalue weighted by atomic mass is 32.2. The van der Waals surface area contributed by atoms with Gasteiger partial charge in [-0.05, 0) is 27.2 Å². The zero-order chi connectivity index (χ0) is 13.5. The predicted octanol–water partition coefficient (Wildman–Crippen LogP) is 2.98. The van der Waals surface area contributed by atoms with Gasteiger partial charge in [0.25, 0.3) is 0 Å². The Labute approximate surface area is 104 Å². The van der Waals surface area contributed by atoms with Crippen molar-refractivity contribution in [3.63, 3.8) is 0 Å². The molecule has 0 saturated heterocycles. The molecule has 6 heteroatoms. The van der Waals surface area contributed by atoms with Gasteiger partial charge in [0.05, 0.1) is 6.04 Å². The van der Waals surface area contributed by atoms with E-state index in [0.717, 1.165) is 0 Å². The van der Waals surface area contributed by atoms with Crippen LogP contribution in [0.3, 0.4) is 0 Å². The molecule has 1 N–H and O–H groups in total. The van der Waals surface area contributed by atoms with Crippen LogP contribution in [-0.4, -0.2) is 28.4 Å². The smallest absolute Gasteiger partial charge is 0.240 e. The molecule has 0 saturated carbocycles. The summed E-state index contributed by atoms with van der Waals surface area (Å²) in [7, 11) is 0. The van der Waals surface area contributed by atoms with Crippen LogP contribution in [0.2, 0.25) is 0 Å². The van der Waals surface area contributed by atoms with E-state index in [-0.39, 0.29) is 6.42 Å². The molecule has 2 unspecified atom stereocenters. The number of allylic oxidation sites excluding steroid dienone is 1. The predicted molar refractivity (Wildman–Crippen MR) is 65.2 cm³/mol. The molecule has 102 valence electrons. The van der Waals surface area contributed by atoms with Crippen molar-refractivity contribution in [2.24, 2.45) is 0 Å². The van der Waals surface area contributed by atoms with Gasteiger partial charge in [-0.2, -0.15) is 0 Å². The summed E-state index contributed by atoms with van der Waals surface area (Å²) in [5.74, 6) is 0. The van der Waals surface area contributed by atoms with Crippen LogP contribution in [0.1, 0.15) is 33.6 Å². The number of halogens is 3. The second-order valence-electron chi connectivity index (χ2n) is 4.68. The molecule has 0 rings (SSSR count). The first-order chi connectivity index (χ1) is 7.77. The summed E-state index contributed by atoms with van der Waals surface area (Å²) < 4.78 is 50.4. The van der Waals surface area contributed by atoms with Crippen LogP contribution in [0.15, 0.2) is 12.2 Å². The van der Waals surface area contributed by atoms with Gasteiger partial charge in [0.2, 0.25) is 6.43 Å². The van der Waals surface area contributed by atoms with Crippen LogP contribution in [0, 0.1) is 0 Å².